The molecule has 122 valence electrons. The minimum absolute atomic E-state index is 0.206. The summed E-state index contributed by atoms with van der Waals surface area (Å²) < 4.78 is 11.3. The van der Waals surface area contributed by atoms with Gasteiger partial charge in [0.25, 0.3) is 0 Å². The summed E-state index contributed by atoms with van der Waals surface area (Å²) in [6.45, 7) is 1.81. The zero-order valence-corrected chi connectivity index (χ0v) is 13.0. The van der Waals surface area contributed by atoms with Gasteiger partial charge in [-0.2, -0.15) is 0 Å². The first-order valence-corrected chi connectivity index (χ1v) is 7.98. The van der Waals surface area contributed by atoms with Gasteiger partial charge < -0.3 is 19.9 Å². The quantitative estimate of drug-likeness (QED) is 0.823. The highest BCUT2D eigenvalue weighted by Gasteiger charge is 2.16. The van der Waals surface area contributed by atoms with Crippen molar-refractivity contribution in [2.75, 3.05) is 25.1 Å². The molecule has 1 aromatic heterocycles. The van der Waals surface area contributed by atoms with Gasteiger partial charge in [0, 0.05) is 31.1 Å². The van der Waals surface area contributed by atoms with Gasteiger partial charge in [0.15, 0.2) is 0 Å². The summed E-state index contributed by atoms with van der Waals surface area (Å²) in [5, 5.41) is 13.3. The van der Waals surface area contributed by atoms with Crippen LogP contribution in [0.2, 0.25) is 0 Å². The molecule has 5 nitrogen and oxygen atoms in total. The number of hydrogen-bond donors (Lipinski definition) is 2. The van der Waals surface area contributed by atoms with Crippen molar-refractivity contribution in [1.82, 2.24) is 4.98 Å². The van der Waals surface area contributed by atoms with E-state index >= 15 is 0 Å². The van der Waals surface area contributed by atoms with Crippen molar-refractivity contribution >= 4 is 5.69 Å². The van der Waals surface area contributed by atoms with Gasteiger partial charge in [-0.1, -0.05) is 12.1 Å². The molecule has 1 aromatic carbocycles. The van der Waals surface area contributed by atoms with Crippen LogP contribution in [-0.4, -0.2) is 36.0 Å². The molecule has 3 rings (SSSR count). The van der Waals surface area contributed by atoms with Crippen molar-refractivity contribution in [1.29, 1.82) is 0 Å². The molecule has 0 aliphatic carbocycles. The second-order valence-corrected chi connectivity index (χ2v) is 5.63. The Morgan fingerprint density at radius 3 is 3.04 bits per heavy atom. The largest absolute Gasteiger partial charge is 0.491 e. The highest BCUT2D eigenvalue weighted by Crippen LogP contribution is 2.20. The van der Waals surface area contributed by atoms with Gasteiger partial charge in [-0.3, -0.25) is 4.98 Å². The summed E-state index contributed by atoms with van der Waals surface area (Å²) in [6.07, 6.45) is 3.41. The molecule has 2 heterocycles. The predicted octanol–water partition coefficient (Wildman–Crippen LogP) is 2.78. The Kier molecular flexibility index (Phi) is 5.45. The number of hydrogen-bond acceptors (Lipinski definition) is 5. The number of aliphatic hydroxyl groups excluding tert-OH is 1. The van der Waals surface area contributed by atoms with Gasteiger partial charge in [0.05, 0.1) is 11.8 Å². The number of nitrogens with one attached hydrogen (secondary N) is 1. The fourth-order valence-corrected chi connectivity index (χ4v) is 2.55. The van der Waals surface area contributed by atoms with E-state index in [1.54, 1.807) is 6.20 Å². The first-order chi connectivity index (χ1) is 11.3. The number of rotatable bonds is 7. The van der Waals surface area contributed by atoms with Crippen molar-refractivity contribution < 1.29 is 14.6 Å². The summed E-state index contributed by atoms with van der Waals surface area (Å²) in [5.41, 5.74) is 1.57. The molecule has 0 amide bonds. The van der Waals surface area contributed by atoms with Crippen molar-refractivity contribution in [3.63, 3.8) is 0 Å². The van der Waals surface area contributed by atoms with Gasteiger partial charge in [0.2, 0.25) is 0 Å². The van der Waals surface area contributed by atoms with Crippen molar-refractivity contribution in [3.8, 4) is 5.75 Å². The number of benzene rings is 1. The van der Waals surface area contributed by atoms with E-state index in [2.05, 4.69) is 10.3 Å². The summed E-state index contributed by atoms with van der Waals surface area (Å²) in [5.74, 6) is 0.804. The van der Waals surface area contributed by atoms with Gasteiger partial charge in [-0.15, -0.1) is 0 Å². The van der Waals surface area contributed by atoms with Crippen molar-refractivity contribution in [3.05, 3.63) is 54.4 Å². The van der Waals surface area contributed by atoms with E-state index in [1.807, 2.05) is 42.5 Å². The topological polar surface area (TPSA) is 63.6 Å². The molecule has 0 saturated carbocycles. The van der Waals surface area contributed by atoms with Crippen LogP contribution >= 0.6 is 0 Å². The Labute approximate surface area is 136 Å². The fraction of sp³-hybridized carbons (Fsp3) is 0.389. The number of pyridine rings is 1. The molecule has 2 atom stereocenters. The Hall–Kier alpha value is -2.11. The summed E-state index contributed by atoms with van der Waals surface area (Å²) >= 11 is 0. The lowest BCUT2D eigenvalue weighted by Crippen LogP contribution is -2.16. The molecule has 0 bridgehead atoms. The zero-order chi connectivity index (χ0) is 15.9. The van der Waals surface area contributed by atoms with E-state index in [4.69, 9.17) is 9.47 Å². The number of nitrogens with zero attached hydrogens (tertiary/aromatic N) is 1. The molecule has 2 N–H and O–H groups in total. The van der Waals surface area contributed by atoms with Crippen molar-refractivity contribution in [2.24, 2.45) is 0 Å². The van der Waals surface area contributed by atoms with Gasteiger partial charge >= 0.3 is 0 Å². The van der Waals surface area contributed by atoms with E-state index in [0.717, 1.165) is 30.9 Å². The molecule has 0 spiro atoms. The maximum Gasteiger partial charge on any atom is 0.121 e. The monoisotopic (exact) mass is 314 g/mol. The lowest BCUT2D eigenvalue weighted by Gasteiger charge is -2.14. The molecular weight excluding hydrogens is 292 g/mol. The molecule has 1 fully saturated rings. The molecular formula is C18H22N2O3. The number of anilines is 1. The highest BCUT2D eigenvalue weighted by molar-refractivity contribution is 5.48. The van der Waals surface area contributed by atoms with Gasteiger partial charge in [-0.05, 0) is 37.1 Å². The molecule has 0 radical (unpaired) electrons. The molecule has 1 saturated heterocycles. The Balaban J connectivity index is 1.50. The summed E-state index contributed by atoms with van der Waals surface area (Å²) in [4.78, 5) is 4.15. The smallest absolute Gasteiger partial charge is 0.121 e. The Morgan fingerprint density at radius 2 is 2.26 bits per heavy atom. The van der Waals surface area contributed by atoms with Crippen LogP contribution < -0.4 is 10.1 Å². The number of aromatic nitrogens is 1. The Bertz CT molecular complexity index is 600. The lowest BCUT2D eigenvalue weighted by atomic mass is 10.2. The van der Waals surface area contributed by atoms with E-state index in [0.29, 0.717) is 18.8 Å². The van der Waals surface area contributed by atoms with Crippen LogP contribution in [0.25, 0.3) is 0 Å². The summed E-state index contributed by atoms with van der Waals surface area (Å²) in [6, 6.07) is 13.2. The van der Waals surface area contributed by atoms with Crippen LogP contribution in [-0.2, 0) is 4.74 Å². The maximum absolute atomic E-state index is 10.1. The third-order valence-corrected chi connectivity index (χ3v) is 3.82. The van der Waals surface area contributed by atoms with Crippen molar-refractivity contribution in [2.45, 2.75) is 25.0 Å². The van der Waals surface area contributed by atoms with Crippen LogP contribution in [0.3, 0.4) is 0 Å². The number of aliphatic hydroxyl groups is 1. The average molecular weight is 314 g/mol. The highest BCUT2D eigenvalue weighted by atomic mass is 16.5. The summed E-state index contributed by atoms with van der Waals surface area (Å²) in [7, 11) is 0. The van der Waals surface area contributed by atoms with Gasteiger partial charge in [-0.25, -0.2) is 0 Å². The van der Waals surface area contributed by atoms with Gasteiger partial charge in [0.1, 0.15) is 18.5 Å². The van der Waals surface area contributed by atoms with E-state index in [-0.39, 0.29) is 6.10 Å². The van der Waals surface area contributed by atoms with Crippen LogP contribution in [0.4, 0.5) is 5.69 Å². The molecule has 5 heteroatoms. The minimum Gasteiger partial charge on any atom is -0.491 e. The fourth-order valence-electron chi connectivity index (χ4n) is 2.55. The third kappa shape index (κ3) is 4.68. The predicted molar refractivity (Wildman–Crippen MR) is 88.6 cm³/mol. The zero-order valence-electron chi connectivity index (χ0n) is 13.0. The minimum atomic E-state index is -0.646. The van der Waals surface area contributed by atoms with Crippen LogP contribution in [0, 0.1) is 0 Å². The first-order valence-electron chi connectivity index (χ1n) is 7.98. The van der Waals surface area contributed by atoms with E-state index in [9.17, 15) is 5.11 Å². The Morgan fingerprint density at radius 1 is 1.30 bits per heavy atom. The second kappa shape index (κ2) is 7.94. The van der Waals surface area contributed by atoms with Crippen LogP contribution in [0.15, 0.2) is 48.7 Å². The molecule has 1 aliphatic heterocycles. The average Bonchev–Trinajstić information content (AvgIpc) is 3.12. The number of ether oxygens (including phenoxy) is 2. The van der Waals surface area contributed by atoms with Crippen LogP contribution in [0.1, 0.15) is 24.6 Å². The molecule has 2 unspecified atom stereocenters. The standard InChI is InChI=1S/C18H22N2O3/c21-18(17-8-1-2-9-19-17)12-20-14-5-3-6-15(11-14)23-13-16-7-4-10-22-16/h1-3,5-6,8-9,11,16,18,20-21H,4,7,10,12-13H2. The molecule has 23 heavy (non-hydrogen) atoms. The second-order valence-electron chi connectivity index (χ2n) is 5.63. The van der Waals surface area contributed by atoms with E-state index < -0.39 is 6.10 Å². The van der Waals surface area contributed by atoms with Crippen LogP contribution in [0.5, 0.6) is 5.75 Å². The first kappa shape index (κ1) is 15.8. The third-order valence-electron chi connectivity index (χ3n) is 3.82. The van der Waals surface area contributed by atoms with E-state index in [1.165, 1.54) is 0 Å². The SMILES string of the molecule is OC(CNc1cccc(OCC2CCCO2)c1)c1ccccn1. The normalized spacial score (nSPS) is 18.6. The lowest BCUT2D eigenvalue weighted by molar-refractivity contribution is 0.0680. The molecule has 2 aromatic rings. The molecule has 1 aliphatic rings. The maximum atomic E-state index is 10.1.